The normalized spacial score (nSPS) is 10.5. The van der Waals surface area contributed by atoms with Crippen LogP contribution in [-0.4, -0.2) is 11.0 Å². The molecule has 0 saturated carbocycles. The zero-order valence-corrected chi connectivity index (χ0v) is 8.97. The fraction of sp³-hybridized carbons (Fsp3) is 0.300. The average molecular weight is 216 g/mol. The summed E-state index contributed by atoms with van der Waals surface area (Å²) in [6.07, 6.45) is 0. The Bertz CT molecular complexity index is 314. The first kappa shape index (κ1) is 12.9. The van der Waals surface area contributed by atoms with E-state index in [0.717, 1.165) is 5.56 Å². The van der Waals surface area contributed by atoms with Gasteiger partial charge in [0.05, 0.1) is 5.60 Å². The van der Waals surface area contributed by atoms with Gasteiger partial charge in [0, 0.05) is 5.56 Å². The fourth-order valence-corrected chi connectivity index (χ4v) is 1.04. The zero-order chi connectivity index (χ0) is 10.1. The number of halogens is 1. The van der Waals surface area contributed by atoms with Crippen molar-refractivity contribution in [3.8, 4) is 0 Å². The van der Waals surface area contributed by atoms with Crippen molar-refractivity contribution in [2.75, 3.05) is 0 Å². The third kappa shape index (κ3) is 3.01. The van der Waals surface area contributed by atoms with Gasteiger partial charge in [-0.05, 0) is 31.5 Å². The first-order chi connectivity index (χ1) is 5.91. The van der Waals surface area contributed by atoms with E-state index >= 15 is 0 Å². The van der Waals surface area contributed by atoms with Crippen molar-refractivity contribution >= 4 is 18.3 Å². The average Bonchev–Trinajstić information content (AvgIpc) is 2.03. The van der Waals surface area contributed by atoms with Crippen LogP contribution in [0.3, 0.4) is 0 Å². The predicted molar refractivity (Wildman–Crippen MR) is 57.5 cm³/mol. The molecule has 1 rings (SSSR count). The highest BCUT2D eigenvalue weighted by atomic mass is 35.5. The van der Waals surface area contributed by atoms with Crippen LogP contribution in [0.1, 0.15) is 29.8 Å². The summed E-state index contributed by atoms with van der Waals surface area (Å²) in [5.41, 5.74) is 5.41. The highest BCUT2D eigenvalue weighted by Gasteiger charge is 2.15. The number of benzene rings is 1. The summed E-state index contributed by atoms with van der Waals surface area (Å²) in [4.78, 5) is 10.7. The maximum Gasteiger partial charge on any atom is 0.248 e. The molecule has 3 N–H and O–H groups in total. The molecule has 1 aromatic carbocycles. The minimum absolute atomic E-state index is 0. The molecule has 0 spiro atoms. The molecule has 0 aromatic heterocycles. The van der Waals surface area contributed by atoms with Crippen molar-refractivity contribution < 1.29 is 9.90 Å². The number of amides is 1. The molecule has 0 heterocycles. The Morgan fingerprint density at radius 1 is 1.29 bits per heavy atom. The summed E-state index contributed by atoms with van der Waals surface area (Å²) in [7, 11) is 0. The number of primary amides is 1. The Morgan fingerprint density at radius 2 is 1.71 bits per heavy atom. The predicted octanol–water partition coefficient (Wildman–Crippen LogP) is 1.43. The number of carbonyl (C=O) groups excluding carboxylic acids is 1. The van der Waals surface area contributed by atoms with Crippen LogP contribution in [0.4, 0.5) is 0 Å². The molecule has 0 aliphatic heterocycles. The van der Waals surface area contributed by atoms with Crippen LogP contribution in [0, 0.1) is 0 Å². The van der Waals surface area contributed by atoms with Gasteiger partial charge in [-0.1, -0.05) is 12.1 Å². The topological polar surface area (TPSA) is 63.3 Å². The first-order valence-corrected chi connectivity index (χ1v) is 4.04. The minimum Gasteiger partial charge on any atom is -0.386 e. The van der Waals surface area contributed by atoms with Gasteiger partial charge in [-0.25, -0.2) is 0 Å². The summed E-state index contributed by atoms with van der Waals surface area (Å²) in [5.74, 6) is -0.456. The van der Waals surface area contributed by atoms with Crippen molar-refractivity contribution in [2.24, 2.45) is 5.73 Å². The van der Waals surface area contributed by atoms with Gasteiger partial charge in [-0.15, -0.1) is 12.4 Å². The van der Waals surface area contributed by atoms with E-state index in [9.17, 15) is 9.90 Å². The number of hydrogen-bond acceptors (Lipinski definition) is 2. The van der Waals surface area contributed by atoms with Crippen LogP contribution in [-0.2, 0) is 5.60 Å². The van der Waals surface area contributed by atoms with Crippen LogP contribution in [0.5, 0.6) is 0 Å². The Labute approximate surface area is 89.3 Å². The monoisotopic (exact) mass is 215 g/mol. The molecule has 0 radical (unpaired) electrons. The molecule has 0 aliphatic rings. The molecule has 0 fully saturated rings. The fourth-order valence-electron chi connectivity index (χ4n) is 1.04. The Hall–Kier alpha value is -1.06. The number of hydrogen-bond donors (Lipinski definition) is 2. The Kier molecular flexibility index (Phi) is 4.10. The first-order valence-electron chi connectivity index (χ1n) is 4.04. The second-order valence-electron chi connectivity index (χ2n) is 3.50. The van der Waals surface area contributed by atoms with Crippen molar-refractivity contribution in [1.29, 1.82) is 0 Å². The highest BCUT2D eigenvalue weighted by molar-refractivity contribution is 5.92. The van der Waals surface area contributed by atoms with Crippen LogP contribution in [0.2, 0.25) is 0 Å². The van der Waals surface area contributed by atoms with E-state index in [0.29, 0.717) is 5.56 Å². The van der Waals surface area contributed by atoms with Crippen LogP contribution < -0.4 is 5.73 Å². The van der Waals surface area contributed by atoms with E-state index in [2.05, 4.69) is 0 Å². The molecule has 0 atom stereocenters. The molecule has 1 amide bonds. The lowest BCUT2D eigenvalue weighted by Gasteiger charge is -2.17. The molecule has 0 unspecified atom stereocenters. The third-order valence-electron chi connectivity index (χ3n) is 1.88. The van der Waals surface area contributed by atoms with Gasteiger partial charge in [0.1, 0.15) is 0 Å². The van der Waals surface area contributed by atoms with Gasteiger partial charge in [-0.3, -0.25) is 4.79 Å². The molecule has 3 nitrogen and oxygen atoms in total. The molecular weight excluding hydrogens is 202 g/mol. The number of aliphatic hydroxyl groups is 1. The number of carbonyl (C=O) groups is 1. The molecular formula is C10H14ClNO2. The summed E-state index contributed by atoms with van der Waals surface area (Å²) in [5, 5.41) is 9.60. The smallest absolute Gasteiger partial charge is 0.248 e. The largest absolute Gasteiger partial charge is 0.386 e. The van der Waals surface area contributed by atoms with Gasteiger partial charge in [0.2, 0.25) is 5.91 Å². The second-order valence-corrected chi connectivity index (χ2v) is 3.50. The summed E-state index contributed by atoms with van der Waals surface area (Å²) >= 11 is 0. The zero-order valence-electron chi connectivity index (χ0n) is 8.15. The Morgan fingerprint density at radius 3 is 2.00 bits per heavy atom. The van der Waals surface area contributed by atoms with Gasteiger partial charge in [0.15, 0.2) is 0 Å². The van der Waals surface area contributed by atoms with Crippen molar-refractivity contribution in [2.45, 2.75) is 19.4 Å². The molecule has 0 aliphatic carbocycles. The maximum absolute atomic E-state index is 10.7. The van der Waals surface area contributed by atoms with Crippen LogP contribution in [0.25, 0.3) is 0 Å². The summed E-state index contributed by atoms with van der Waals surface area (Å²) in [6, 6.07) is 6.60. The van der Waals surface area contributed by atoms with E-state index < -0.39 is 11.5 Å². The lowest BCUT2D eigenvalue weighted by molar-refractivity contribution is 0.0784. The van der Waals surface area contributed by atoms with E-state index in [1.165, 1.54) is 0 Å². The second kappa shape index (κ2) is 4.44. The minimum atomic E-state index is -0.879. The quantitative estimate of drug-likeness (QED) is 0.784. The lowest BCUT2D eigenvalue weighted by atomic mass is 9.97. The van der Waals surface area contributed by atoms with Gasteiger partial charge < -0.3 is 10.8 Å². The van der Waals surface area contributed by atoms with E-state index in [-0.39, 0.29) is 12.4 Å². The molecule has 0 saturated heterocycles. The SMILES string of the molecule is CC(C)(O)c1ccc(C(N)=O)cc1.Cl. The van der Waals surface area contributed by atoms with Crippen LogP contribution >= 0.6 is 12.4 Å². The summed E-state index contributed by atoms with van der Waals surface area (Å²) < 4.78 is 0. The van der Waals surface area contributed by atoms with E-state index in [1.807, 2.05) is 0 Å². The molecule has 1 aromatic rings. The maximum atomic E-state index is 10.7. The lowest BCUT2D eigenvalue weighted by Crippen LogP contribution is -2.16. The molecule has 4 heteroatoms. The molecule has 14 heavy (non-hydrogen) atoms. The van der Waals surface area contributed by atoms with Crippen molar-refractivity contribution in [3.63, 3.8) is 0 Å². The highest BCUT2D eigenvalue weighted by Crippen LogP contribution is 2.19. The van der Waals surface area contributed by atoms with Gasteiger partial charge in [-0.2, -0.15) is 0 Å². The van der Waals surface area contributed by atoms with E-state index in [1.54, 1.807) is 38.1 Å². The molecule has 0 bridgehead atoms. The Balaban J connectivity index is 0.00000169. The van der Waals surface area contributed by atoms with Gasteiger partial charge >= 0.3 is 0 Å². The number of rotatable bonds is 2. The van der Waals surface area contributed by atoms with Crippen molar-refractivity contribution in [1.82, 2.24) is 0 Å². The van der Waals surface area contributed by atoms with E-state index in [4.69, 9.17) is 5.73 Å². The van der Waals surface area contributed by atoms with Gasteiger partial charge in [0.25, 0.3) is 0 Å². The van der Waals surface area contributed by atoms with Crippen molar-refractivity contribution in [3.05, 3.63) is 35.4 Å². The summed E-state index contributed by atoms with van der Waals surface area (Å²) in [6.45, 7) is 3.37. The third-order valence-corrected chi connectivity index (χ3v) is 1.88. The molecule has 78 valence electrons. The van der Waals surface area contributed by atoms with Crippen LogP contribution in [0.15, 0.2) is 24.3 Å². The number of nitrogens with two attached hydrogens (primary N) is 1. The standard InChI is InChI=1S/C10H13NO2.ClH/c1-10(2,13)8-5-3-7(4-6-8)9(11)12;/h3-6,13H,1-2H3,(H2,11,12);1H.